The lowest BCUT2D eigenvalue weighted by molar-refractivity contribution is 0.0689. The number of hydrogen-bond donors (Lipinski definition) is 1. The minimum Gasteiger partial charge on any atom is -0.496 e. The van der Waals surface area contributed by atoms with Crippen LogP contribution in [0, 0.1) is 13.8 Å². The number of aryl methyl sites for hydroxylation is 2. The Balaban J connectivity index is 2.55. The molecule has 1 heterocycles. The first-order valence-electron chi connectivity index (χ1n) is 5.75. The van der Waals surface area contributed by atoms with Crippen molar-refractivity contribution < 1.29 is 14.6 Å². The number of benzene rings is 1. The topological polar surface area (TPSA) is 72.3 Å². The molecule has 0 saturated carbocycles. The third-order valence-electron chi connectivity index (χ3n) is 2.78. The van der Waals surface area contributed by atoms with Crippen LogP contribution in [0.3, 0.4) is 0 Å². The summed E-state index contributed by atoms with van der Waals surface area (Å²) >= 11 is 0. The van der Waals surface area contributed by atoms with Crippen molar-refractivity contribution in [2.45, 2.75) is 13.8 Å². The van der Waals surface area contributed by atoms with Gasteiger partial charge in [0.25, 0.3) is 0 Å². The summed E-state index contributed by atoms with van der Waals surface area (Å²) in [6, 6.07) is 7.02. The van der Waals surface area contributed by atoms with Crippen molar-refractivity contribution in [1.82, 2.24) is 10.2 Å². The Kier molecular flexibility index (Phi) is 3.46. The van der Waals surface area contributed by atoms with Gasteiger partial charge in [-0.3, -0.25) is 0 Å². The van der Waals surface area contributed by atoms with Gasteiger partial charge in [-0.1, -0.05) is 6.07 Å². The summed E-state index contributed by atoms with van der Waals surface area (Å²) in [7, 11) is 1.60. The van der Waals surface area contributed by atoms with Crippen LogP contribution in [0.5, 0.6) is 5.75 Å². The number of aromatic nitrogens is 2. The van der Waals surface area contributed by atoms with E-state index in [0.717, 1.165) is 22.4 Å². The first-order chi connectivity index (χ1) is 9.02. The van der Waals surface area contributed by atoms with Crippen LogP contribution in [-0.2, 0) is 0 Å². The number of carbonyl (C=O) groups is 1. The predicted molar refractivity (Wildman–Crippen MR) is 70.5 cm³/mol. The molecular weight excluding hydrogens is 244 g/mol. The summed E-state index contributed by atoms with van der Waals surface area (Å²) in [6.45, 7) is 3.93. The predicted octanol–water partition coefficient (Wildman–Crippen LogP) is 2.47. The maximum absolute atomic E-state index is 10.8. The van der Waals surface area contributed by atoms with E-state index in [9.17, 15) is 4.79 Å². The molecule has 0 aliphatic carbocycles. The molecule has 1 aromatic carbocycles. The molecule has 0 amide bonds. The van der Waals surface area contributed by atoms with Crippen LogP contribution in [-0.4, -0.2) is 28.4 Å². The quantitative estimate of drug-likeness (QED) is 0.915. The average molecular weight is 258 g/mol. The third-order valence-corrected chi connectivity index (χ3v) is 2.78. The number of nitrogens with zero attached hydrogens (tertiary/aromatic N) is 2. The molecule has 0 saturated heterocycles. The van der Waals surface area contributed by atoms with Crippen molar-refractivity contribution in [3.8, 4) is 17.0 Å². The first kappa shape index (κ1) is 13.0. The lowest BCUT2D eigenvalue weighted by Gasteiger charge is -2.12. The van der Waals surface area contributed by atoms with Crippen molar-refractivity contribution in [1.29, 1.82) is 0 Å². The normalized spacial score (nSPS) is 10.3. The van der Waals surface area contributed by atoms with E-state index >= 15 is 0 Å². The molecule has 1 aromatic heterocycles. The number of aromatic carboxylic acids is 1. The molecule has 19 heavy (non-hydrogen) atoms. The Bertz CT molecular complexity index is 621. The van der Waals surface area contributed by atoms with Gasteiger partial charge in [-0.2, -0.15) is 0 Å². The van der Waals surface area contributed by atoms with Gasteiger partial charge in [-0.05, 0) is 43.2 Å². The molecule has 0 radical (unpaired) electrons. The first-order valence-corrected chi connectivity index (χ1v) is 5.75. The fourth-order valence-corrected chi connectivity index (χ4v) is 2.01. The smallest absolute Gasteiger partial charge is 0.356 e. The summed E-state index contributed by atoms with van der Waals surface area (Å²) in [5, 5.41) is 16.4. The van der Waals surface area contributed by atoms with Crippen molar-refractivity contribution in [2.75, 3.05) is 7.11 Å². The zero-order valence-corrected chi connectivity index (χ0v) is 11.0. The number of methoxy groups -OCH3 is 1. The highest BCUT2D eigenvalue weighted by Gasteiger charge is 2.12. The summed E-state index contributed by atoms with van der Waals surface area (Å²) < 4.78 is 5.38. The van der Waals surface area contributed by atoms with E-state index in [2.05, 4.69) is 10.2 Å². The number of carboxylic acids is 1. The molecule has 0 bridgehead atoms. The largest absolute Gasteiger partial charge is 0.496 e. The number of rotatable bonds is 3. The highest BCUT2D eigenvalue weighted by Crippen LogP contribution is 2.32. The Labute approximate surface area is 110 Å². The van der Waals surface area contributed by atoms with E-state index in [4.69, 9.17) is 9.84 Å². The van der Waals surface area contributed by atoms with Crippen molar-refractivity contribution in [2.24, 2.45) is 0 Å². The zero-order chi connectivity index (χ0) is 14.0. The SMILES string of the molecule is COc1c(C)cc(C)cc1-c1ccc(C(=O)O)nn1. The van der Waals surface area contributed by atoms with E-state index in [1.807, 2.05) is 26.0 Å². The van der Waals surface area contributed by atoms with Crippen LogP contribution in [0.2, 0.25) is 0 Å². The van der Waals surface area contributed by atoms with Crippen molar-refractivity contribution in [3.05, 3.63) is 41.1 Å². The van der Waals surface area contributed by atoms with E-state index in [-0.39, 0.29) is 5.69 Å². The number of ether oxygens (including phenoxy) is 1. The fraction of sp³-hybridized carbons (Fsp3) is 0.214. The Morgan fingerprint density at radius 3 is 2.47 bits per heavy atom. The van der Waals surface area contributed by atoms with Crippen LogP contribution >= 0.6 is 0 Å². The molecule has 0 aliphatic rings. The van der Waals surface area contributed by atoms with Crippen LogP contribution in [0.4, 0.5) is 0 Å². The standard InChI is InChI=1S/C14H14N2O3/c1-8-6-9(2)13(19-3)10(7-8)11-4-5-12(14(17)18)16-15-11/h4-7H,1-3H3,(H,17,18). The Hall–Kier alpha value is -2.43. The van der Waals surface area contributed by atoms with Crippen LogP contribution in [0.25, 0.3) is 11.3 Å². The van der Waals surface area contributed by atoms with Gasteiger partial charge in [-0.25, -0.2) is 4.79 Å². The van der Waals surface area contributed by atoms with E-state index in [1.165, 1.54) is 6.07 Å². The van der Waals surface area contributed by atoms with Gasteiger partial charge in [-0.15, -0.1) is 10.2 Å². The second kappa shape index (κ2) is 5.06. The summed E-state index contributed by atoms with van der Waals surface area (Å²) in [4.78, 5) is 10.8. The monoisotopic (exact) mass is 258 g/mol. The van der Waals surface area contributed by atoms with Gasteiger partial charge in [0.05, 0.1) is 12.8 Å². The van der Waals surface area contributed by atoms with E-state index in [1.54, 1.807) is 13.2 Å². The molecule has 0 fully saturated rings. The zero-order valence-electron chi connectivity index (χ0n) is 11.0. The fourth-order valence-electron chi connectivity index (χ4n) is 2.01. The summed E-state index contributed by atoms with van der Waals surface area (Å²) in [5.74, 6) is -0.366. The molecule has 5 nitrogen and oxygen atoms in total. The van der Waals surface area contributed by atoms with Gasteiger partial charge in [0.2, 0.25) is 0 Å². The highest BCUT2D eigenvalue weighted by molar-refractivity contribution is 5.85. The molecule has 98 valence electrons. The summed E-state index contributed by atoms with van der Waals surface area (Å²) in [5.41, 5.74) is 3.41. The molecule has 0 spiro atoms. The van der Waals surface area contributed by atoms with E-state index in [0.29, 0.717) is 5.69 Å². The van der Waals surface area contributed by atoms with Gasteiger partial charge in [0.1, 0.15) is 5.75 Å². The minimum absolute atomic E-state index is 0.0768. The molecule has 0 unspecified atom stereocenters. The van der Waals surface area contributed by atoms with Gasteiger partial charge < -0.3 is 9.84 Å². The van der Waals surface area contributed by atoms with Crippen LogP contribution in [0.15, 0.2) is 24.3 Å². The maximum Gasteiger partial charge on any atom is 0.356 e. The second-order valence-corrected chi connectivity index (χ2v) is 4.27. The maximum atomic E-state index is 10.8. The molecule has 0 aliphatic heterocycles. The molecule has 5 heteroatoms. The third kappa shape index (κ3) is 2.54. The number of carboxylic acid groups (broad SMARTS) is 1. The van der Waals surface area contributed by atoms with E-state index < -0.39 is 5.97 Å². The van der Waals surface area contributed by atoms with Crippen molar-refractivity contribution >= 4 is 5.97 Å². The summed E-state index contributed by atoms with van der Waals surface area (Å²) in [6.07, 6.45) is 0. The van der Waals surface area contributed by atoms with Crippen LogP contribution in [0.1, 0.15) is 21.6 Å². The second-order valence-electron chi connectivity index (χ2n) is 4.27. The van der Waals surface area contributed by atoms with Gasteiger partial charge >= 0.3 is 5.97 Å². The van der Waals surface area contributed by atoms with Gasteiger partial charge in [0, 0.05) is 5.56 Å². The molecule has 2 rings (SSSR count). The van der Waals surface area contributed by atoms with Crippen LogP contribution < -0.4 is 4.74 Å². The number of hydrogen-bond acceptors (Lipinski definition) is 4. The Morgan fingerprint density at radius 1 is 1.21 bits per heavy atom. The molecule has 0 atom stereocenters. The van der Waals surface area contributed by atoms with Crippen molar-refractivity contribution in [3.63, 3.8) is 0 Å². The molecule has 2 aromatic rings. The average Bonchev–Trinajstić information content (AvgIpc) is 2.38. The lowest BCUT2D eigenvalue weighted by atomic mass is 10.0. The lowest BCUT2D eigenvalue weighted by Crippen LogP contribution is -2.02. The molecule has 1 N–H and O–H groups in total. The molecular formula is C14H14N2O3. The van der Waals surface area contributed by atoms with Gasteiger partial charge in [0.15, 0.2) is 5.69 Å². The Morgan fingerprint density at radius 2 is 1.95 bits per heavy atom. The minimum atomic E-state index is -1.09. The highest BCUT2D eigenvalue weighted by atomic mass is 16.5.